The highest BCUT2D eigenvalue weighted by Gasteiger charge is 2.27. The van der Waals surface area contributed by atoms with Crippen LogP contribution in [0.15, 0.2) is 0 Å². The standard InChI is InChI=1S/C16H30N2O.ClH/c1-13-3-4-15(11-13)12-16(19)18-9-6-14(7-10-18)5-8-17-2;/h13-15,17H,3-12H2,1-2H3;1H. The van der Waals surface area contributed by atoms with Crippen LogP contribution in [0.1, 0.15) is 51.9 Å². The zero-order valence-corrected chi connectivity index (χ0v) is 13.9. The van der Waals surface area contributed by atoms with Crippen LogP contribution in [0.5, 0.6) is 0 Å². The summed E-state index contributed by atoms with van der Waals surface area (Å²) in [5, 5.41) is 3.22. The number of piperidine rings is 1. The molecular formula is C16H31ClN2O. The van der Waals surface area contributed by atoms with E-state index < -0.39 is 0 Å². The summed E-state index contributed by atoms with van der Waals surface area (Å²) in [6, 6.07) is 0. The van der Waals surface area contributed by atoms with E-state index in [1.807, 2.05) is 7.05 Å². The highest BCUT2D eigenvalue weighted by molar-refractivity contribution is 5.85. The van der Waals surface area contributed by atoms with Crippen LogP contribution < -0.4 is 5.32 Å². The van der Waals surface area contributed by atoms with Gasteiger partial charge in [-0.25, -0.2) is 0 Å². The van der Waals surface area contributed by atoms with Crippen LogP contribution in [0.3, 0.4) is 0 Å². The maximum absolute atomic E-state index is 12.3. The second-order valence-electron chi connectivity index (χ2n) is 6.70. The van der Waals surface area contributed by atoms with Crippen LogP contribution in [0.4, 0.5) is 0 Å². The van der Waals surface area contributed by atoms with E-state index in [-0.39, 0.29) is 12.4 Å². The summed E-state index contributed by atoms with van der Waals surface area (Å²) in [6.07, 6.45) is 8.34. The maximum atomic E-state index is 12.3. The number of carbonyl (C=O) groups excluding carboxylic acids is 1. The number of likely N-dealkylation sites (tertiary alicyclic amines) is 1. The van der Waals surface area contributed by atoms with E-state index in [1.165, 1.54) is 38.5 Å². The minimum atomic E-state index is 0. The molecule has 0 bridgehead atoms. The van der Waals surface area contributed by atoms with Crippen LogP contribution in [-0.4, -0.2) is 37.5 Å². The zero-order valence-electron chi connectivity index (χ0n) is 13.1. The Kier molecular flexibility index (Phi) is 7.90. The fourth-order valence-corrected chi connectivity index (χ4v) is 3.71. The molecule has 1 aliphatic carbocycles. The predicted octanol–water partition coefficient (Wildman–Crippen LogP) is 3.08. The van der Waals surface area contributed by atoms with E-state index in [0.717, 1.165) is 37.9 Å². The molecule has 2 unspecified atom stereocenters. The highest BCUT2D eigenvalue weighted by atomic mass is 35.5. The zero-order chi connectivity index (χ0) is 13.7. The van der Waals surface area contributed by atoms with Gasteiger partial charge in [0.25, 0.3) is 0 Å². The molecule has 1 aliphatic heterocycles. The van der Waals surface area contributed by atoms with Crippen LogP contribution in [-0.2, 0) is 4.79 Å². The van der Waals surface area contributed by atoms with Crippen molar-refractivity contribution < 1.29 is 4.79 Å². The fourth-order valence-electron chi connectivity index (χ4n) is 3.71. The largest absolute Gasteiger partial charge is 0.343 e. The van der Waals surface area contributed by atoms with Gasteiger partial charge >= 0.3 is 0 Å². The molecule has 2 aliphatic rings. The second-order valence-corrected chi connectivity index (χ2v) is 6.70. The normalized spacial score (nSPS) is 27.4. The van der Waals surface area contributed by atoms with Gasteiger partial charge in [-0.1, -0.05) is 13.3 Å². The van der Waals surface area contributed by atoms with Gasteiger partial charge in [-0.2, -0.15) is 0 Å². The lowest BCUT2D eigenvalue weighted by atomic mass is 9.92. The van der Waals surface area contributed by atoms with E-state index >= 15 is 0 Å². The summed E-state index contributed by atoms with van der Waals surface area (Å²) < 4.78 is 0. The fraction of sp³-hybridized carbons (Fsp3) is 0.938. The molecule has 1 N–H and O–H groups in total. The van der Waals surface area contributed by atoms with Crippen LogP contribution >= 0.6 is 12.4 Å². The van der Waals surface area contributed by atoms with Crippen molar-refractivity contribution in [2.45, 2.75) is 51.9 Å². The van der Waals surface area contributed by atoms with Gasteiger partial charge in [0.05, 0.1) is 0 Å². The number of nitrogens with zero attached hydrogens (tertiary/aromatic N) is 1. The highest BCUT2D eigenvalue weighted by Crippen LogP contribution is 2.33. The van der Waals surface area contributed by atoms with E-state index in [4.69, 9.17) is 0 Å². The lowest BCUT2D eigenvalue weighted by molar-refractivity contribution is -0.133. The minimum absolute atomic E-state index is 0. The molecular weight excluding hydrogens is 272 g/mol. The third kappa shape index (κ3) is 5.25. The SMILES string of the molecule is CNCCC1CCN(C(=O)CC2CCC(C)C2)CC1.Cl. The van der Waals surface area contributed by atoms with Crippen molar-refractivity contribution in [3.8, 4) is 0 Å². The van der Waals surface area contributed by atoms with Gasteiger partial charge < -0.3 is 10.2 Å². The Morgan fingerprint density at radius 1 is 1.15 bits per heavy atom. The summed E-state index contributed by atoms with van der Waals surface area (Å²) in [7, 11) is 2.02. The third-order valence-corrected chi connectivity index (χ3v) is 5.04. The summed E-state index contributed by atoms with van der Waals surface area (Å²) in [4.78, 5) is 14.4. The van der Waals surface area contributed by atoms with Crippen molar-refractivity contribution in [2.24, 2.45) is 17.8 Å². The van der Waals surface area contributed by atoms with Crippen molar-refractivity contribution in [3.63, 3.8) is 0 Å². The van der Waals surface area contributed by atoms with Crippen molar-refractivity contribution in [1.29, 1.82) is 0 Å². The molecule has 2 atom stereocenters. The monoisotopic (exact) mass is 302 g/mol. The molecule has 2 fully saturated rings. The molecule has 118 valence electrons. The molecule has 4 heteroatoms. The molecule has 1 heterocycles. The number of hydrogen-bond acceptors (Lipinski definition) is 2. The molecule has 1 amide bonds. The number of carbonyl (C=O) groups is 1. The van der Waals surface area contributed by atoms with Crippen molar-refractivity contribution in [1.82, 2.24) is 10.2 Å². The van der Waals surface area contributed by atoms with Gasteiger partial charge in [-0.15, -0.1) is 12.4 Å². The average Bonchev–Trinajstić information content (AvgIpc) is 2.82. The van der Waals surface area contributed by atoms with Gasteiger partial charge in [0.15, 0.2) is 0 Å². The molecule has 1 saturated carbocycles. The quantitative estimate of drug-likeness (QED) is 0.846. The van der Waals surface area contributed by atoms with E-state index in [1.54, 1.807) is 0 Å². The first-order valence-corrected chi connectivity index (χ1v) is 8.11. The number of rotatable bonds is 5. The Hall–Kier alpha value is -0.280. The predicted molar refractivity (Wildman–Crippen MR) is 86.2 cm³/mol. The molecule has 1 saturated heterocycles. The minimum Gasteiger partial charge on any atom is -0.343 e. The van der Waals surface area contributed by atoms with Crippen LogP contribution in [0, 0.1) is 17.8 Å². The van der Waals surface area contributed by atoms with Gasteiger partial charge in [-0.3, -0.25) is 4.79 Å². The van der Waals surface area contributed by atoms with Gasteiger partial charge in [0.1, 0.15) is 0 Å². The number of hydrogen-bond donors (Lipinski definition) is 1. The summed E-state index contributed by atoms with van der Waals surface area (Å²) >= 11 is 0. The van der Waals surface area contributed by atoms with E-state index in [2.05, 4.69) is 17.1 Å². The Morgan fingerprint density at radius 3 is 2.40 bits per heavy atom. The van der Waals surface area contributed by atoms with E-state index in [0.29, 0.717) is 11.8 Å². The topological polar surface area (TPSA) is 32.3 Å². The first-order chi connectivity index (χ1) is 9.19. The van der Waals surface area contributed by atoms with Crippen molar-refractivity contribution in [2.75, 3.05) is 26.7 Å². The smallest absolute Gasteiger partial charge is 0.222 e. The molecule has 0 aromatic rings. The molecule has 0 radical (unpaired) electrons. The van der Waals surface area contributed by atoms with Crippen molar-refractivity contribution >= 4 is 18.3 Å². The van der Waals surface area contributed by atoms with Gasteiger partial charge in [-0.05, 0) is 63.5 Å². The van der Waals surface area contributed by atoms with E-state index in [9.17, 15) is 4.79 Å². The first-order valence-electron chi connectivity index (χ1n) is 8.11. The number of halogens is 1. The first kappa shape index (κ1) is 17.8. The van der Waals surface area contributed by atoms with Crippen LogP contribution in [0.2, 0.25) is 0 Å². The molecule has 0 aromatic heterocycles. The third-order valence-electron chi connectivity index (χ3n) is 5.04. The molecule has 20 heavy (non-hydrogen) atoms. The van der Waals surface area contributed by atoms with Gasteiger partial charge in [0, 0.05) is 19.5 Å². The Labute approximate surface area is 130 Å². The molecule has 0 aromatic carbocycles. The number of nitrogens with one attached hydrogen (secondary N) is 1. The lowest BCUT2D eigenvalue weighted by Gasteiger charge is -2.32. The van der Waals surface area contributed by atoms with Crippen LogP contribution in [0.25, 0.3) is 0 Å². The number of amides is 1. The Balaban J connectivity index is 0.00000200. The average molecular weight is 303 g/mol. The lowest BCUT2D eigenvalue weighted by Crippen LogP contribution is -2.39. The summed E-state index contributed by atoms with van der Waals surface area (Å²) in [5.74, 6) is 2.75. The van der Waals surface area contributed by atoms with Crippen molar-refractivity contribution in [3.05, 3.63) is 0 Å². The Morgan fingerprint density at radius 2 is 1.85 bits per heavy atom. The summed E-state index contributed by atoms with van der Waals surface area (Å²) in [5.41, 5.74) is 0. The molecule has 3 nitrogen and oxygen atoms in total. The second kappa shape index (κ2) is 8.89. The maximum Gasteiger partial charge on any atom is 0.222 e. The van der Waals surface area contributed by atoms with Gasteiger partial charge in [0.2, 0.25) is 5.91 Å². The molecule has 0 spiro atoms. The Bertz CT molecular complexity index is 290. The molecule has 2 rings (SSSR count). The summed E-state index contributed by atoms with van der Waals surface area (Å²) in [6.45, 7) is 5.42.